The molecule has 50 heavy (non-hydrogen) atoms. The lowest BCUT2D eigenvalue weighted by Gasteiger charge is -2.28. The van der Waals surface area contributed by atoms with Gasteiger partial charge in [0, 0.05) is 6.42 Å². The fourth-order valence-corrected chi connectivity index (χ4v) is 5.58. The van der Waals surface area contributed by atoms with Gasteiger partial charge in [0.25, 0.3) is 0 Å². The fourth-order valence-electron chi connectivity index (χ4n) is 5.58. The number of aryl methyl sites for hydroxylation is 1. The number of nitrogens with one attached hydrogen (secondary N) is 4. The Hall–Kier alpha value is -4.25. The van der Waals surface area contributed by atoms with Crippen molar-refractivity contribution in [1.82, 2.24) is 21.3 Å². The molecular formula is C39H56N4O7. The van der Waals surface area contributed by atoms with E-state index in [-0.39, 0.29) is 36.9 Å². The van der Waals surface area contributed by atoms with Crippen LogP contribution in [0, 0.1) is 11.8 Å². The van der Waals surface area contributed by atoms with Gasteiger partial charge in [-0.2, -0.15) is 0 Å². The quantitative estimate of drug-likeness (QED) is 0.166. The lowest BCUT2D eigenvalue weighted by Crippen LogP contribution is -2.59. The maximum absolute atomic E-state index is 14.0. The molecule has 3 rings (SSSR count). The summed E-state index contributed by atoms with van der Waals surface area (Å²) in [5, 5.41) is 11.3. The Morgan fingerprint density at radius 3 is 1.68 bits per heavy atom. The highest BCUT2D eigenvalue weighted by Crippen LogP contribution is 2.29. The van der Waals surface area contributed by atoms with Gasteiger partial charge in [-0.1, -0.05) is 88.4 Å². The Bertz CT molecular complexity index is 1440. The average Bonchev–Trinajstić information content (AvgIpc) is 3.79. The van der Waals surface area contributed by atoms with Gasteiger partial charge in [-0.15, -0.1) is 0 Å². The minimum atomic E-state index is -1.04. The number of amides is 4. The molecule has 1 fully saturated rings. The largest absolute Gasteiger partial charge is 0.444 e. The number of ether oxygens (including phenoxy) is 2. The second kappa shape index (κ2) is 18.1. The number of rotatable bonds is 18. The number of alkyl carbamates (subject to hydrolysis) is 1. The van der Waals surface area contributed by atoms with Crippen LogP contribution in [0.5, 0.6) is 0 Å². The number of ketones is 1. The van der Waals surface area contributed by atoms with Crippen LogP contribution in [0.25, 0.3) is 0 Å². The molecule has 11 heteroatoms. The summed E-state index contributed by atoms with van der Waals surface area (Å²) in [5.74, 6) is -1.69. The zero-order valence-electron chi connectivity index (χ0n) is 30.8. The lowest BCUT2D eigenvalue weighted by atomic mass is 9.93. The van der Waals surface area contributed by atoms with Crippen molar-refractivity contribution < 1.29 is 33.4 Å². The van der Waals surface area contributed by atoms with E-state index >= 15 is 0 Å². The molecule has 274 valence electrons. The fraction of sp³-hybridized carbons (Fsp3) is 0.564. The van der Waals surface area contributed by atoms with Crippen molar-refractivity contribution >= 4 is 29.6 Å². The van der Waals surface area contributed by atoms with E-state index in [0.717, 1.165) is 11.1 Å². The summed E-state index contributed by atoms with van der Waals surface area (Å²) in [5.41, 5.74) is 0.0894. The summed E-state index contributed by atoms with van der Waals surface area (Å²) in [7, 11) is 0. The van der Waals surface area contributed by atoms with E-state index in [1.807, 2.05) is 88.4 Å². The van der Waals surface area contributed by atoms with E-state index in [4.69, 9.17) is 9.47 Å². The Morgan fingerprint density at radius 1 is 0.700 bits per heavy atom. The van der Waals surface area contributed by atoms with Crippen LogP contribution in [0.15, 0.2) is 60.7 Å². The molecule has 0 radical (unpaired) electrons. The second-order valence-corrected chi connectivity index (χ2v) is 15.2. The normalized spacial score (nSPS) is 18.0. The summed E-state index contributed by atoms with van der Waals surface area (Å²) in [6.45, 7) is 15.0. The third kappa shape index (κ3) is 13.6. The first-order valence-electron chi connectivity index (χ1n) is 17.6. The van der Waals surface area contributed by atoms with Crippen LogP contribution in [0.4, 0.5) is 4.79 Å². The Balaban J connectivity index is 1.83. The molecule has 0 aliphatic carbocycles. The standard InChI is InChI=1S/C39H56N4O7/c1-25(2)21-30(33(44)39(8)24-49-39)40-36(47)32(23-28-17-13-10-14-18-28)42-35(46)31(22-26(3)4)41-34(45)29(43-37(48)50-38(5,6)7)20-19-27-15-11-9-12-16-27/h9-18,25-26,29-32H,19-24H2,1-8H3,(H,40,47)(H,41,45)(H,42,46)(H,43,48)/t29-,30-,31-,32-,39?/m0/s1. The number of epoxide rings is 1. The highest BCUT2D eigenvalue weighted by atomic mass is 16.6. The molecule has 4 N–H and O–H groups in total. The van der Waals surface area contributed by atoms with E-state index in [9.17, 15) is 24.0 Å². The van der Waals surface area contributed by atoms with Gasteiger partial charge in [0.15, 0.2) is 5.78 Å². The molecule has 1 heterocycles. The molecule has 1 saturated heterocycles. The zero-order valence-corrected chi connectivity index (χ0v) is 30.8. The van der Waals surface area contributed by atoms with E-state index in [2.05, 4.69) is 21.3 Å². The molecular weight excluding hydrogens is 636 g/mol. The van der Waals surface area contributed by atoms with E-state index in [0.29, 0.717) is 19.4 Å². The highest BCUT2D eigenvalue weighted by Gasteiger charge is 2.50. The monoisotopic (exact) mass is 692 g/mol. The Labute approximate surface area is 297 Å². The molecule has 0 aromatic heterocycles. The van der Waals surface area contributed by atoms with Gasteiger partial charge >= 0.3 is 6.09 Å². The average molecular weight is 693 g/mol. The summed E-state index contributed by atoms with van der Waals surface area (Å²) in [6.07, 6.45) is 0.867. The van der Waals surface area contributed by atoms with Gasteiger partial charge in [0.2, 0.25) is 17.7 Å². The lowest BCUT2D eigenvalue weighted by molar-refractivity contribution is -0.134. The van der Waals surface area contributed by atoms with Crippen LogP contribution in [0.3, 0.4) is 0 Å². The summed E-state index contributed by atoms with van der Waals surface area (Å²) in [6, 6.07) is 15.0. The molecule has 2 aromatic rings. The van der Waals surface area contributed by atoms with Gasteiger partial charge in [-0.3, -0.25) is 19.2 Å². The SMILES string of the molecule is CC(C)C[C@H](NC(=O)[C@H](CCc1ccccc1)NC(=O)OC(C)(C)C)C(=O)N[C@@H](Cc1ccccc1)C(=O)N[C@@H](CC(C)C)C(=O)C1(C)CO1. The van der Waals surface area contributed by atoms with E-state index in [1.165, 1.54) is 0 Å². The third-order valence-electron chi connectivity index (χ3n) is 8.27. The molecule has 0 saturated carbocycles. The van der Waals surface area contributed by atoms with Crippen LogP contribution in [-0.4, -0.2) is 71.6 Å². The van der Waals surface area contributed by atoms with Gasteiger partial charge < -0.3 is 30.7 Å². The molecule has 0 bridgehead atoms. The van der Waals surface area contributed by atoms with Crippen molar-refractivity contribution in [3.8, 4) is 0 Å². The molecule has 4 amide bonds. The van der Waals surface area contributed by atoms with E-state index < -0.39 is 59.2 Å². The van der Waals surface area contributed by atoms with Gasteiger partial charge in [0.05, 0.1) is 12.6 Å². The number of benzene rings is 2. The predicted molar refractivity (Wildman–Crippen MR) is 192 cm³/mol. The topological polar surface area (TPSA) is 155 Å². The minimum absolute atomic E-state index is 0.00126. The maximum Gasteiger partial charge on any atom is 0.408 e. The van der Waals surface area contributed by atoms with Crippen molar-refractivity contribution in [1.29, 1.82) is 0 Å². The molecule has 1 aliphatic rings. The smallest absolute Gasteiger partial charge is 0.408 e. The van der Waals surface area contributed by atoms with Crippen LogP contribution in [0.1, 0.15) is 85.8 Å². The van der Waals surface area contributed by atoms with Crippen LogP contribution in [0.2, 0.25) is 0 Å². The molecule has 1 aliphatic heterocycles. The van der Waals surface area contributed by atoms with Crippen LogP contribution in [-0.2, 0) is 41.5 Å². The van der Waals surface area contributed by atoms with Crippen LogP contribution >= 0.6 is 0 Å². The number of hydrogen-bond donors (Lipinski definition) is 4. The Morgan fingerprint density at radius 2 is 1.16 bits per heavy atom. The zero-order chi connectivity index (χ0) is 37.1. The van der Waals surface area contributed by atoms with Crippen molar-refractivity contribution in [3.63, 3.8) is 0 Å². The molecule has 11 nitrogen and oxygen atoms in total. The number of carbonyl (C=O) groups is 5. The number of hydrogen-bond acceptors (Lipinski definition) is 7. The highest BCUT2D eigenvalue weighted by molar-refractivity contribution is 5.98. The third-order valence-corrected chi connectivity index (χ3v) is 8.27. The maximum atomic E-state index is 14.0. The summed E-state index contributed by atoms with van der Waals surface area (Å²) >= 11 is 0. The molecule has 5 atom stereocenters. The first-order chi connectivity index (χ1) is 23.5. The summed E-state index contributed by atoms with van der Waals surface area (Å²) in [4.78, 5) is 67.8. The number of Topliss-reactive ketones (excluding diaryl/α,β-unsaturated/α-hetero) is 1. The van der Waals surface area contributed by atoms with Crippen molar-refractivity contribution in [3.05, 3.63) is 71.8 Å². The van der Waals surface area contributed by atoms with Crippen LogP contribution < -0.4 is 21.3 Å². The summed E-state index contributed by atoms with van der Waals surface area (Å²) < 4.78 is 10.8. The van der Waals surface area contributed by atoms with Crippen molar-refractivity contribution in [2.75, 3.05) is 6.61 Å². The van der Waals surface area contributed by atoms with E-state index in [1.54, 1.807) is 27.7 Å². The first-order valence-corrected chi connectivity index (χ1v) is 17.6. The van der Waals surface area contributed by atoms with Crippen molar-refractivity contribution in [2.24, 2.45) is 11.8 Å². The minimum Gasteiger partial charge on any atom is -0.444 e. The second-order valence-electron chi connectivity index (χ2n) is 15.2. The first kappa shape index (κ1) is 40.2. The predicted octanol–water partition coefficient (Wildman–Crippen LogP) is 4.66. The number of carbonyl (C=O) groups excluding carboxylic acids is 5. The van der Waals surface area contributed by atoms with Gasteiger partial charge in [0.1, 0.15) is 29.3 Å². The van der Waals surface area contributed by atoms with Crippen molar-refractivity contribution in [2.45, 2.75) is 123 Å². The molecule has 1 unspecified atom stereocenters. The molecule has 0 spiro atoms. The molecule has 2 aromatic carbocycles. The van der Waals surface area contributed by atoms with Gasteiger partial charge in [-0.05, 0) is 76.3 Å². The Kier molecular flexibility index (Phi) is 14.6. The van der Waals surface area contributed by atoms with Gasteiger partial charge in [-0.25, -0.2) is 4.79 Å².